The molecule has 0 radical (unpaired) electrons. The van der Waals surface area contributed by atoms with Crippen molar-refractivity contribution in [1.82, 2.24) is 15.0 Å². The molecule has 0 aliphatic carbocycles. The van der Waals surface area contributed by atoms with Crippen molar-refractivity contribution in [3.05, 3.63) is 42.7 Å². The molecule has 2 aromatic heterocycles. The Morgan fingerprint density at radius 2 is 1.91 bits per heavy atom. The monoisotopic (exact) mass is 432 g/mol. The van der Waals surface area contributed by atoms with Crippen LogP contribution in [0.25, 0.3) is 11.3 Å². The highest BCUT2D eigenvalue weighted by Gasteiger charge is 2.39. The number of anilines is 4. The summed E-state index contributed by atoms with van der Waals surface area (Å²) in [6.45, 7) is 6.70. The minimum absolute atomic E-state index is 0.214. The van der Waals surface area contributed by atoms with E-state index in [1.807, 2.05) is 49.1 Å². The maximum atomic E-state index is 12.4. The number of oxazole rings is 1. The summed E-state index contributed by atoms with van der Waals surface area (Å²) in [6, 6.07) is 10.3. The van der Waals surface area contributed by atoms with E-state index in [1.54, 1.807) is 12.4 Å². The topological polar surface area (TPSA) is 87.4 Å². The zero-order chi connectivity index (χ0) is 22.1. The number of carbonyl (C=O) groups is 1. The first-order valence-corrected chi connectivity index (χ1v) is 11.2. The van der Waals surface area contributed by atoms with Crippen LogP contribution < -0.4 is 15.1 Å². The summed E-state index contributed by atoms with van der Waals surface area (Å²) in [5, 5.41) is 3.30. The van der Waals surface area contributed by atoms with Gasteiger partial charge in [0.05, 0.1) is 11.7 Å². The molecule has 4 heterocycles. The third-order valence-electron chi connectivity index (χ3n) is 6.34. The van der Waals surface area contributed by atoms with Crippen LogP contribution in [-0.4, -0.2) is 45.9 Å². The van der Waals surface area contributed by atoms with Gasteiger partial charge < -0.3 is 19.5 Å². The minimum Gasteiger partial charge on any atom is -0.423 e. The van der Waals surface area contributed by atoms with Gasteiger partial charge in [-0.2, -0.15) is 4.98 Å². The second kappa shape index (κ2) is 8.26. The molecule has 1 N–H and O–H groups in total. The van der Waals surface area contributed by atoms with Crippen molar-refractivity contribution >= 4 is 29.3 Å². The molecule has 2 aliphatic rings. The molecule has 0 atom stereocenters. The van der Waals surface area contributed by atoms with Gasteiger partial charge in [0, 0.05) is 43.5 Å². The molecule has 8 nitrogen and oxygen atoms in total. The number of ketones is 1. The van der Waals surface area contributed by atoms with Crippen molar-refractivity contribution in [2.45, 2.75) is 45.1 Å². The predicted molar refractivity (Wildman–Crippen MR) is 124 cm³/mol. The third-order valence-corrected chi connectivity index (χ3v) is 6.34. The van der Waals surface area contributed by atoms with Gasteiger partial charge >= 0.3 is 0 Å². The molecule has 2 aliphatic heterocycles. The SMILES string of the molecule is CC1(C)C(=O)CCCN1c1ncc(-c2cccc(Nc3nccc(N4CCCC4)n3)c2)o1. The van der Waals surface area contributed by atoms with Crippen LogP contribution in [0, 0.1) is 0 Å². The summed E-state index contributed by atoms with van der Waals surface area (Å²) in [4.78, 5) is 30.1. The Hall–Kier alpha value is -3.42. The van der Waals surface area contributed by atoms with E-state index in [2.05, 4.69) is 25.2 Å². The fourth-order valence-electron chi connectivity index (χ4n) is 4.40. The van der Waals surface area contributed by atoms with Crippen LogP contribution in [0.1, 0.15) is 39.5 Å². The smallest absolute Gasteiger partial charge is 0.298 e. The molecular weight excluding hydrogens is 404 g/mol. The number of aromatic nitrogens is 3. The van der Waals surface area contributed by atoms with Crippen molar-refractivity contribution in [2.24, 2.45) is 0 Å². The van der Waals surface area contributed by atoms with E-state index in [9.17, 15) is 4.79 Å². The van der Waals surface area contributed by atoms with Gasteiger partial charge in [-0.25, -0.2) is 9.97 Å². The van der Waals surface area contributed by atoms with E-state index in [0.717, 1.165) is 43.1 Å². The molecule has 0 saturated carbocycles. The molecule has 5 rings (SSSR count). The lowest BCUT2D eigenvalue weighted by Gasteiger charge is -2.39. The van der Waals surface area contributed by atoms with Gasteiger partial charge in [0.25, 0.3) is 6.01 Å². The van der Waals surface area contributed by atoms with Crippen molar-refractivity contribution in [2.75, 3.05) is 34.8 Å². The van der Waals surface area contributed by atoms with E-state index in [1.165, 1.54) is 12.8 Å². The Morgan fingerprint density at radius 3 is 2.75 bits per heavy atom. The van der Waals surface area contributed by atoms with E-state index in [4.69, 9.17) is 4.42 Å². The first-order chi connectivity index (χ1) is 15.5. The Balaban J connectivity index is 1.35. The van der Waals surface area contributed by atoms with Crippen LogP contribution in [-0.2, 0) is 4.79 Å². The maximum absolute atomic E-state index is 12.4. The van der Waals surface area contributed by atoms with Crippen LogP contribution in [0.4, 0.5) is 23.5 Å². The minimum atomic E-state index is -0.610. The number of Topliss-reactive ketones (excluding diaryl/α,β-unsaturated/α-hetero) is 1. The molecule has 0 amide bonds. The van der Waals surface area contributed by atoms with Gasteiger partial charge in [0.1, 0.15) is 5.82 Å². The maximum Gasteiger partial charge on any atom is 0.298 e. The molecular formula is C24H28N6O2. The molecule has 0 bridgehead atoms. The standard InChI is InChI=1S/C24H28N6O2/c1-24(2)20(31)9-6-14-30(24)23-26-16-19(32-23)17-7-5-8-18(15-17)27-22-25-11-10-21(28-22)29-12-3-4-13-29/h5,7-8,10-11,15-16H,3-4,6,9,12-14H2,1-2H3,(H,25,27,28). The third kappa shape index (κ3) is 3.92. The lowest BCUT2D eigenvalue weighted by molar-refractivity contribution is -0.124. The molecule has 166 valence electrons. The van der Waals surface area contributed by atoms with Crippen LogP contribution >= 0.6 is 0 Å². The number of nitrogens with zero attached hydrogens (tertiary/aromatic N) is 5. The Bertz CT molecular complexity index is 1120. The lowest BCUT2D eigenvalue weighted by Crippen LogP contribution is -2.54. The van der Waals surface area contributed by atoms with Gasteiger partial charge in [-0.1, -0.05) is 12.1 Å². The summed E-state index contributed by atoms with van der Waals surface area (Å²) < 4.78 is 6.08. The van der Waals surface area contributed by atoms with Crippen molar-refractivity contribution < 1.29 is 9.21 Å². The lowest BCUT2D eigenvalue weighted by atomic mass is 9.89. The summed E-state index contributed by atoms with van der Waals surface area (Å²) in [7, 11) is 0. The molecule has 8 heteroatoms. The highest BCUT2D eigenvalue weighted by Crippen LogP contribution is 2.33. The molecule has 1 aromatic carbocycles. The highest BCUT2D eigenvalue weighted by molar-refractivity contribution is 5.91. The van der Waals surface area contributed by atoms with Crippen LogP contribution in [0.2, 0.25) is 0 Å². The second-order valence-electron chi connectivity index (χ2n) is 8.88. The molecule has 32 heavy (non-hydrogen) atoms. The number of hydrogen-bond acceptors (Lipinski definition) is 8. The zero-order valence-corrected chi connectivity index (χ0v) is 18.5. The molecule has 0 unspecified atom stereocenters. The zero-order valence-electron chi connectivity index (χ0n) is 18.5. The van der Waals surface area contributed by atoms with Gasteiger partial charge in [0.15, 0.2) is 11.5 Å². The van der Waals surface area contributed by atoms with E-state index in [-0.39, 0.29) is 5.78 Å². The first-order valence-electron chi connectivity index (χ1n) is 11.2. The Kier molecular flexibility index (Phi) is 5.28. The molecule has 2 saturated heterocycles. The van der Waals surface area contributed by atoms with Crippen molar-refractivity contribution in [1.29, 1.82) is 0 Å². The molecule has 2 fully saturated rings. The van der Waals surface area contributed by atoms with E-state index < -0.39 is 5.54 Å². The van der Waals surface area contributed by atoms with Gasteiger partial charge in [-0.3, -0.25) is 4.79 Å². The number of piperidine rings is 1. The summed E-state index contributed by atoms with van der Waals surface area (Å²) in [6.07, 6.45) is 7.33. The van der Waals surface area contributed by atoms with Crippen molar-refractivity contribution in [3.63, 3.8) is 0 Å². The Labute approximate surface area is 187 Å². The van der Waals surface area contributed by atoms with Gasteiger partial charge in [-0.15, -0.1) is 0 Å². The first kappa shape index (κ1) is 20.5. The largest absolute Gasteiger partial charge is 0.423 e. The van der Waals surface area contributed by atoms with Crippen molar-refractivity contribution in [3.8, 4) is 11.3 Å². The van der Waals surface area contributed by atoms with Crippen LogP contribution in [0.5, 0.6) is 0 Å². The van der Waals surface area contributed by atoms with E-state index >= 15 is 0 Å². The number of hydrogen-bond donors (Lipinski definition) is 1. The Morgan fingerprint density at radius 1 is 1.06 bits per heavy atom. The normalized spacial score (nSPS) is 18.2. The van der Waals surface area contributed by atoms with Gasteiger partial charge in [0.2, 0.25) is 5.95 Å². The van der Waals surface area contributed by atoms with Gasteiger partial charge in [-0.05, 0) is 51.3 Å². The fourth-order valence-corrected chi connectivity index (χ4v) is 4.40. The molecule has 3 aromatic rings. The second-order valence-corrected chi connectivity index (χ2v) is 8.88. The highest BCUT2D eigenvalue weighted by atomic mass is 16.4. The number of carbonyl (C=O) groups excluding carboxylic acids is 1. The van der Waals surface area contributed by atoms with Crippen LogP contribution in [0.15, 0.2) is 47.1 Å². The molecule has 0 spiro atoms. The average Bonchev–Trinajstić information content (AvgIpc) is 3.49. The number of nitrogens with one attached hydrogen (secondary N) is 1. The number of rotatable bonds is 5. The summed E-state index contributed by atoms with van der Waals surface area (Å²) in [5.74, 6) is 2.39. The quantitative estimate of drug-likeness (QED) is 0.634. The summed E-state index contributed by atoms with van der Waals surface area (Å²) in [5.41, 5.74) is 1.15. The number of benzene rings is 1. The summed E-state index contributed by atoms with van der Waals surface area (Å²) >= 11 is 0. The average molecular weight is 433 g/mol. The van der Waals surface area contributed by atoms with Crippen LogP contribution in [0.3, 0.4) is 0 Å². The fraction of sp³-hybridized carbons (Fsp3) is 0.417. The van der Waals surface area contributed by atoms with E-state index in [0.29, 0.717) is 24.1 Å². The predicted octanol–water partition coefficient (Wildman–Crippen LogP) is 4.42.